The summed E-state index contributed by atoms with van der Waals surface area (Å²) in [5, 5.41) is 9.51. The smallest absolute Gasteiger partial charge is 0.343 e. The quantitative estimate of drug-likeness (QED) is 0.531. The molecule has 2 rings (SSSR count). The second kappa shape index (κ2) is 5.54. The minimum atomic E-state index is -0.620. The Labute approximate surface area is 114 Å². The van der Waals surface area contributed by atoms with Gasteiger partial charge >= 0.3 is 5.97 Å². The number of phenolic OH excluding ortho intramolecular Hbond substituents is 1. The highest BCUT2D eigenvalue weighted by molar-refractivity contribution is 6.30. The summed E-state index contributed by atoms with van der Waals surface area (Å²) in [6.45, 7) is 0. The van der Waals surface area contributed by atoms with Gasteiger partial charge in [0.2, 0.25) is 0 Å². The van der Waals surface area contributed by atoms with Gasteiger partial charge in [-0.2, -0.15) is 0 Å². The van der Waals surface area contributed by atoms with Gasteiger partial charge in [0, 0.05) is 5.02 Å². The maximum Gasteiger partial charge on any atom is 0.343 e. The van der Waals surface area contributed by atoms with Gasteiger partial charge in [-0.3, -0.25) is 4.79 Å². The first-order chi connectivity index (χ1) is 9.10. The third-order valence-electron chi connectivity index (χ3n) is 2.40. The lowest BCUT2D eigenvalue weighted by Crippen LogP contribution is -2.09. The van der Waals surface area contributed by atoms with Crippen LogP contribution in [0.15, 0.2) is 42.5 Å². The molecule has 0 aromatic heterocycles. The standard InChI is InChI=1S/C14H9ClO4/c15-11-3-6-13(10(7-11)8-16)19-14(18)9-1-4-12(17)5-2-9/h1-8,17H. The molecule has 0 atom stereocenters. The molecule has 19 heavy (non-hydrogen) atoms. The first-order valence-electron chi connectivity index (χ1n) is 5.36. The first-order valence-corrected chi connectivity index (χ1v) is 5.74. The molecule has 0 spiro atoms. The van der Waals surface area contributed by atoms with Crippen LogP contribution in [0.3, 0.4) is 0 Å². The number of benzene rings is 2. The summed E-state index contributed by atoms with van der Waals surface area (Å²) in [5.41, 5.74) is 0.462. The van der Waals surface area contributed by atoms with Crippen molar-refractivity contribution in [2.75, 3.05) is 0 Å². The van der Waals surface area contributed by atoms with Gasteiger partial charge in [0.15, 0.2) is 6.29 Å². The van der Waals surface area contributed by atoms with Crippen molar-refractivity contribution < 1.29 is 19.4 Å². The SMILES string of the molecule is O=Cc1cc(Cl)ccc1OC(=O)c1ccc(O)cc1. The number of halogens is 1. The molecule has 0 aliphatic heterocycles. The number of aromatic hydroxyl groups is 1. The molecule has 96 valence electrons. The lowest BCUT2D eigenvalue weighted by molar-refractivity contribution is 0.0733. The van der Waals surface area contributed by atoms with E-state index in [-0.39, 0.29) is 22.6 Å². The Bertz CT molecular complexity index is 620. The Morgan fingerprint density at radius 3 is 2.47 bits per heavy atom. The predicted octanol–water partition coefficient (Wildman–Crippen LogP) is 3.08. The summed E-state index contributed by atoms with van der Waals surface area (Å²) >= 11 is 5.74. The van der Waals surface area contributed by atoms with Crippen molar-refractivity contribution in [1.29, 1.82) is 0 Å². The summed E-state index contributed by atoms with van der Waals surface area (Å²) in [6.07, 6.45) is 0.561. The Morgan fingerprint density at radius 1 is 1.16 bits per heavy atom. The monoisotopic (exact) mass is 276 g/mol. The Hall–Kier alpha value is -2.33. The number of phenols is 1. The summed E-state index contributed by atoms with van der Waals surface area (Å²) < 4.78 is 5.11. The van der Waals surface area contributed by atoms with Gasteiger partial charge in [-0.25, -0.2) is 4.79 Å². The van der Waals surface area contributed by atoms with E-state index in [1.165, 1.54) is 42.5 Å². The number of hydrogen-bond acceptors (Lipinski definition) is 4. The van der Waals surface area contributed by atoms with Crippen molar-refractivity contribution in [3.8, 4) is 11.5 Å². The Kier molecular flexibility index (Phi) is 3.82. The van der Waals surface area contributed by atoms with Crippen LogP contribution in [-0.2, 0) is 0 Å². The van der Waals surface area contributed by atoms with Crippen LogP contribution in [0.4, 0.5) is 0 Å². The van der Waals surface area contributed by atoms with E-state index >= 15 is 0 Å². The average molecular weight is 277 g/mol. The predicted molar refractivity (Wildman–Crippen MR) is 69.9 cm³/mol. The zero-order valence-electron chi connectivity index (χ0n) is 9.67. The molecule has 0 saturated carbocycles. The highest BCUT2D eigenvalue weighted by Gasteiger charge is 2.11. The van der Waals surface area contributed by atoms with Gasteiger partial charge in [0.25, 0.3) is 0 Å². The van der Waals surface area contributed by atoms with Gasteiger partial charge in [0.05, 0.1) is 11.1 Å². The highest BCUT2D eigenvalue weighted by atomic mass is 35.5. The number of aldehydes is 1. The lowest BCUT2D eigenvalue weighted by atomic mass is 10.2. The van der Waals surface area contributed by atoms with E-state index < -0.39 is 5.97 Å². The van der Waals surface area contributed by atoms with E-state index in [0.717, 1.165) is 0 Å². The lowest BCUT2D eigenvalue weighted by Gasteiger charge is -2.07. The average Bonchev–Trinajstić information content (AvgIpc) is 2.41. The molecule has 0 heterocycles. The fraction of sp³-hybridized carbons (Fsp3) is 0. The molecular weight excluding hydrogens is 268 g/mol. The van der Waals surface area contributed by atoms with Gasteiger partial charge in [-0.15, -0.1) is 0 Å². The van der Waals surface area contributed by atoms with Crippen LogP contribution in [0.2, 0.25) is 5.02 Å². The Morgan fingerprint density at radius 2 is 1.84 bits per heavy atom. The molecule has 1 N–H and O–H groups in total. The van der Waals surface area contributed by atoms with Crippen LogP contribution < -0.4 is 4.74 Å². The van der Waals surface area contributed by atoms with Crippen LogP contribution in [-0.4, -0.2) is 17.4 Å². The van der Waals surface area contributed by atoms with E-state index in [9.17, 15) is 9.59 Å². The summed E-state index contributed by atoms with van der Waals surface area (Å²) in [6, 6.07) is 9.98. The topological polar surface area (TPSA) is 63.6 Å². The minimum Gasteiger partial charge on any atom is -0.508 e. The van der Waals surface area contributed by atoms with Gasteiger partial charge < -0.3 is 9.84 Å². The van der Waals surface area contributed by atoms with Crippen LogP contribution in [0.1, 0.15) is 20.7 Å². The van der Waals surface area contributed by atoms with Crippen molar-refractivity contribution in [2.24, 2.45) is 0 Å². The highest BCUT2D eigenvalue weighted by Crippen LogP contribution is 2.22. The third-order valence-corrected chi connectivity index (χ3v) is 2.64. The van der Waals surface area contributed by atoms with E-state index in [1.807, 2.05) is 0 Å². The number of carbonyl (C=O) groups excluding carboxylic acids is 2. The molecular formula is C14H9ClO4. The van der Waals surface area contributed by atoms with Crippen LogP contribution in [0.5, 0.6) is 11.5 Å². The molecule has 0 aliphatic carbocycles. The zero-order valence-corrected chi connectivity index (χ0v) is 10.4. The fourth-order valence-electron chi connectivity index (χ4n) is 1.46. The molecule has 0 amide bonds. The molecule has 0 fully saturated rings. The molecule has 2 aromatic carbocycles. The largest absolute Gasteiger partial charge is 0.508 e. The van der Waals surface area contributed by atoms with Crippen LogP contribution >= 0.6 is 11.6 Å². The number of hydrogen-bond donors (Lipinski definition) is 1. The molecule has 2 aromatic rings. The maximum atomic E-state index is 11.8. The van der Waals surface area contributed by atoms with Gasteiger partial charge in [-0.05, 0) is 42.5 Å². The second-order valence-electron chi connectivity index (χ2n) is 3.74. The maximum absolute atomic E-state index is 11.8. The molecule has 0 aliphatic rings. The number of carbonyl (C=O) groups is 2. The van der Waals surface area contributed by atoms with E-state index in [1.54, 1.807) is 0 Å². The summed E-state index contributed by atoms with van der Waals surface area (Å²) in [7, 11) is 0. The molecule has 0 unspecified atom stereocenters. The normalized spacial score (nSPS) is 9.95. The number of ether oxygens (including phenoxy) is 1. The molecule has 0 saturated heterocycles. The summed E-state index contributed by atoms with van der Waals surface area (Å²) in [4.78, 5) is 22.7. The third kappa shape index (κ3) is 3.11. The van der Waals surface area contributed by atoms with Crippen molar-refractivity contribution >= 4 is 23.9 Å². The number of esters is 1. The second-order valence-corrected chi connectivity index (χ2v) is 4.17. The summed E-state index contributed by atoms with van der Waals surface area (Å²) in [5.74, 6) is -0.431. The molecule has 5 heteroatoms. The van der Waals surface area contributed by atoms with Crippen molar-refractivity contribution in [2.45, 2.75) is 0 Å². The van der Waals surface area contributed by atoms with E-state index in [4.69, 9.17) is 21.4 Å². The van der Waals surface area contributed by atoms with Gasteiger partial charge in [-0.1, -0.05) is 11.6 Å². The van der Waals surface area contributed by atoms with Gasteiger partial charge in [0.1, 0.15) is 11.5 Å². The first kappa shape index (κ1) is 13.1. The molecule has 0 radical (unpaired) electrons. The molecule has 0 bridgehead atoms. The Balaban J connectivity index is 2.23. The number of rotatable bonds is 3. The van der Waals surface area contributed by atoms with E-state index in [2.05, 4.69) is 0 Å². The van der Waals surface area contributed by atoms with Crippen LogP contribution in [0, 0.1) is 0 Å². The fourth-order valence-corrected chi connectivity index (χ4v) is 1.64. The zero-order chi connectivity index (χ0) is 13.8. The minimum absolute atomic E-state index is 0.0524. The van der Waals surface area contributed by atoms with Crippen molar-refractivity contribution in [1.82, 2.24) is 0 Å². The molecule has 4 nitrogen and oxygen atoms in total. The van der Waals surface area contributed by atoms with Crippen LogP contribution in [0.25, 0.3) is 0 Å². The van der Waals surface area contributed by atoms with Crippen molar-refractivity contribution in [3.05, 3.63) is 58.6 Å². The van der Waals surface area contributed by atoms with E-state index in [0.29, 0.717) is 11.3 Å². The van der Waals surface area contributed by atoms with Crippen molar-refractivity contribution in [3.63, 3.8) is 0 Å².